The van der Waals surface area contributed by atoms with Crippen LogP contribution in [-0.2, 0) is 6.54 Å². The second kappa shape index (κ2) is 6.14. The van der Waals surface area contributed by atoms with E-state index in [1.807, 2.05) is 25.1 Å². The zero-order valence-corrected chi connectivity index (χ0v) is 11.6. The van der Waals surface area contributed by atoms with Gasteiger partial charge in [0.2, 0.25) is 0 Å². The van der Waals surface area contributed by atoms with E-state index in [9.17, 15) is 10.1 Å². The number of pyridine rings is 1. The summed E-state index contributed by atoms with van der Waals surface area (Å²) < 4.78 is 2.09. The third-order valence-corrected chi connectivity index (χ3v) is 3.15. The van der Waals surface area contributed by atoms with Gasteiger partial charge in [-0.15, -0.1) is 0 Å². The van der Waals surface area contributed by atoms with Crippen LogP contribution in [0.1, 0.15) is 12.2 Å². The lowest BCUT2D eigenvalue weighted by Crippen LogP contribution is -2.21. The molecule has 0 atom stereocenters. The van der Waals surface area contributed by atoms with Crippen LogP contribution in [0.4, 0.5) is 11.5 Å². The SMILES string of the molecule is Cc1nccn1CCCN(C)c1ccc([N+](=O)[O-])cn1. The zero-order valence-electron chi connectivity index (χ0n) is 11.6. The number of hydrogen-bond donors (Lipinski definition) is 0. The molecule has 0 N–H and O–H groups in total. The smallest absolute Gasteiger partial charge is 0.287 e. The van der Waals surface area contributed by atoms with Gasteiger partial charge in [-0.25, -0.2) is 9.97 Å². The highest BCUT2D eigenvalue weighted by Crippen LogP contribution is 2.14. The second-order valence-electron chi connectivity index (χ2n) is 4.57. The molecule has 0 spiro atoms. The fourth-order valence-corrected chi connectivity index (χ4v) is 1.94. The average Bonchev–Trinajstić information content (AvgIpc) is 2.84. The Morgan fingerprint density at radius 3 is 2.75 bits per heavy atom. The van der Waals surface area contributed by atoms with Crippen molar-refractivity contribution in [3.05, 3.63) is 46.7 Å². The van der Waals surface area contributed by atoms with Crippen LogP contribution in [0, 0.1) is 17.0 Å². The number of aromatic nitrogens is 3. The Hall–Kier alpha value is -2.44. The van der Waals surface area contributed by atoms with Gasteiger partial charge in [-0.2, -0.15) is 0 Å². The molecule has 0 aromatic carbocycles. The summed E-state index contributed by atoms with van der Waals surface area (Å²) in [5, 5.41) is 10.6. The Labute approximate surface area is 117 Å². The van der Waals surface area contributed by atoms with Crippen molar-refractivity contribution in [2.75, 3.05) is 18.5 Å². The first-order valence-electron chi connectivity index (χ1n) is 6.37. The molecule has 20 heavy (non-hydrogen) atoms. The number of rotatable bonds is 6. The van der Waals surface area contributed by atoms with Crippen molar-refractivity contribution in [2.45, 2.75) is 19.9 Å². The quantitative estimate of drug-likeness (QED) is 0.595. The molecule has 7 heteroatoms. The maximum atomic E-state index is 10.6. The standard InChI is InChI=1S/C13H17N5O2/c1-11-14-6-9-17(11)8-3-7-16(2)13-5-4-12(10-15-13)18(19)20/h4-6,9-10H,3,7-8H2,1-2H3. The first kappa shape index (κ1) is 14.0. The molecule has 0 radical (unpaired) electrons. The molecule has 0 bridgehead atoms. The van der Waals surface area contributed by atoms with Crippen LogP contribution in [-0.4, -0.2) is 33.1 Å². The topological polar surface area (TPSA) is 77.1 Å². The molecule has 7 nitrogen and oxygen atoms in total. The van der Waals surface area contributed by atoms with Crippen LogP contribution in [0.5, 0.6) is 0 Å². The third-order valence-electron chi connectivity index (χ3n) is 3.15. The van der Waals surface area contributed by atoms with Crippen molar-refractivity contribution in [3.8, 4) is 0 Å². The van der Waals surface area contributed by atoms with Gasteiger partial charge in [0.1, 0.15) is 17.8 Å². The molecule has 106 valence electrons. The highest BCUT2D eigenvalue weighted by atomic mass is 16.6. The number of hydrogen-bond acceptors (Lipinski definition) is 5. The summed E-state index contributed by atoms with van der Waals surface area (Å²) >= 11 is 0. The lowest BCUT2D eigenvalue weighted by Gasteiger charge is -2.18. The van der Waals surface area contributed by atoms with E-state index in [2.05, 4.69) is 14.5 Å². The molecule has 2 aromatic rings. The largest absolute Gasteiger partial charge is 0.360 e. The number of anilines is 1. The second-order valence-corrected chi connectivity index (χ2v) is 4.57. The predicted octanol–water partition coefficient (Wildman–Crippen LogP) is 2.02. The number of aryl methyl sites for hydroxylation is 2. The fourth-order valence-electron chi connectivity index (χ4n) is 1.94. The van der Waals surface area contributed by atoms with Crippen molar-refractivity contribution in [1.29, 1.82) is 0 Å². The van der Waals surface area contributed by atoms with E-state index in [1.54, 1.807) is 12.3 Å². The van der Waals surface area contributed by atoms with E-state index >= 15 is 0 Å². The first-order chi connectivity index (χ1) is 9.58. The minimum absolute atomic E-state index is 0.0104. The van der Waals surface area contributed by atoms with Gasteiger partial charge in [-0.1, -0.05) is 0 Å². The normalized spacial score (nSPS) is 10.5. The van der Waals surface area contributed by atoms with E-state index in [-0.39, 0.29) is 5.69 Å². The van der Waals surface area contributed by atoms with Crippen LogP contribution in [0.3, 0.4) is 0 Å². The van der Waals surface area contributed by atoms with E-state index < -0.39 is 4.92 Å². The van der Waals surface area contributed by atoms with Gasteiger partial charge < -0.3 is 9.47 Å². The lowest BCUT2D eigenvalue weighted by molar-refractivity contribution is -0.385. The molecule has 2 heterocycles. The first-order valence-corrected chi connectivity index (χ1v) is 6.37. The van der Waals surface area contributed by atoms with Gasteiger partial charge >= 0.3 is 0 Å². The van der Waals surface area contributed by atoms with E-state index in [1.165, 1.54) is 12.3 Å². The number of nitrogens with zero attached hydrogens (tertiary/aromatic N) is 5. The Kier molecular flexibility index (Phi) is 4.29. The van der Waals surface area contributed by atoms with Crippen molar-refractivity contribution >= 4 is 11.5 Å². The molecule has 0 unspecified atom stereocenters. The Balaban J connectivity index is 1.87. The van der Waals surface area contributed by atoms with Crippen molar-refractivity contribution in [1.82, 2.24) is 14.5 Å². The predicted molar refractivity (Wildman–Crippen MR) is 75.7 cm³/mol. The van der Waals surface area contributed by atoms with Crippen molar-refractivity contribution in [2.24, 2.45) is 0 Å². The van der Waals surface area contributed by atoms with Gasteiger partial charge in [0, 0.05) is 38.6 Å². The molecule has 2 rings (SSSR count). The van der Waals surface area contributed by atoms with Crippen molar-refractivity contribution < 1.29 is 4.92 Å². The molecule has 0 aliphatic heterocycles. The van der Waals surface area contributed by atoms with Gasteiger partial charge in [0.05, 0.1) is 4.92 Å². The molecule has 0 saturated heterocycles. The van der Waals surface area contributed by atoms with Crippen molar-refractivity contribution in [3.63, 3.8) is 0 Å². The molecular weight excluding hydrogens is 258 g/mol. The van der Waals surface area contributed by atoms with Crippen LogP contribution in [0.25, 0.3) is 0 Å². The summed E-state index contributed by atoms with van der Waals surface area (Å²) in [5.74, 6) is 1.74. The molecule has 2 aromatic heterocycles. The molecular formula is C13H17N5O2. The van der Waals surface area contributed by atoms with Gasteiger partial charge in [0.15, 0.2) is 0 Å². The summed E-state index contributed by atoms with van der Waals surface area (Å²) in [6.45, 7) is 3.69. The Morgan fingerprint density at radius 1 is 1.40 bits per heavy atom. The fraction of sp³-hybridized carbons (Fsp3) is 0.385. The summed E-state index contributed by atoms with van der Waals surface area (Å²) in [6.07, 6.45) is 5.98. The van der Waals surface area contributed by atoms with Gasteiger partial charge in [-0.3, -0.25) is 10.1 Å². The summed E-state index contributed by atoms with van der Waals surface area (Å²) in [5.41, 5.74) is 0.0104. The zero-order chi connectivity index (χ0) is 14.5. The van der Waals surface area contributed by atoms with E-state index in [0.717, 1.165) is 31.2 Å². The molecule has 0 aliphatic rings. The van der Waals surface area contributed by atoms with Crippen LogP contribution >= 0.6 is 0 Å². The minimum atomic E-state index is -0.446. The molecule has 0 aliphatic carbocycles. The number of nitro groups is 1. The van der Waals surface area contributed by atoms with E-state index in [4.69, 9.17) is 0 Å². The maximum absolute atomic E-state index is 10.6. The third kappa shape index (κ3) is 3.31. The highest BCUT2D eigenvalue weighted by Gasteiger charge is 2.08. The lowest BCUT2D eigenvalue weighted by atomic mass is 10.3. The van der Waals surface area contributed by atoms with Gasteiger partial charge in [0.25, 0.3) is 5.69 Å². The van der Waals surface area contributed by atoms with Crippen LogP contribution < -0.4 is 4.90 Å². The Bertz CT molecular complexity index is 579. The van der Waals surface area contributed by atoms with E-state index in [0.29, 0.717) is 0 Å². The molecule has 0 fully saturated rings. The summed E-state index contributed by atoms with van der Waals surface area (Å²) in [7, 11) is 1.93. The maximum Gasteiger partial charge on any atom is 0.287 e. The summed E-state index contributed by atoms with van der Waals surface area (Å²) in [6, 6.07) is 3.14. The monoisotopic (exact) mass is 275 g/mol. The Morgan fingerprint density at radius 2 is 2.20 bits per heavy atom. The number of imidazole rings is 1. The van der Waals surface area contributed by atoms with Crippen LogP contribution in [0.2, 0.25) is 0 Å². The molecule has 0 amide bonds. The van der Waals surface area contributed by atoms with Gasteiger partial charge in [-0.05, 0) is 19.4 Å². The summed E-state index contributed by atoms with van der Waals surface area (Å²) in [4.78, 5) is 20.4. The highest BCUT2D eigenvalue weighted by molar-refractivity contribution is 5.41. The average molecular weight is 275 g/mol. The van der Waals surface area contributed by atoms with Crippen LogP contribution in [0.15, 0.2) is 30.7 Å². The minimum Gasteiger partial charge on any atom is -0.360 e. The molecule has 0 saturated carbocycles.